The highest BCUT2D eigenvalue weighted by atomic mass is 79.9. The summed E-state index contributed by atoms with van der Waals surface area (Å²) in [6.07, 6.45) is 0. The molecule has 1 aromatic rings. The summed E-state index contributed by atoms with van der Waals surface area (Å²) < 4.78 is 0.981. The summed E-state index contributed by atoms with van der Waals surface area (Å²) in [6, 6.07) is 6.85. The van der Waals surface area contributed by atoms with Crippen molar-refractivity contribution in [2.24, 2.45) is 0 Å². The first-order chi connectivity index (χ1) is 7.70. The molecule has 1 saturated heterocycles. The fourth-order valence-electron chi connectivity index (χ4n) is 1.90. The zero-order chi connectivity index (χ0) is 11.5. The predicted octanol–water partition coefficient (Wildman–Crippen LogP) is 2.90. The minimum atomic E-state index is 0.694. The van der Waals surface area contributed by atoms with Crippen LogP contribution in [0.15, 0.2) is 22.7 Å². The van der Waals surface area contributed by atoms with Crippen LogP contribution in [0, 0.1) is 0 Å². The summed E-state index contributed by atoms with van der Waals surface area (Å²) >= 11 is 9.44. The van der Waals surface area contributed by atoms with Crippen molar-refractivity contribution >= 4 is 27.5 Å². The lowest BCUT2D eigenvalue weighted by Crippen LogP contribution is -2.56. The van der Waals surface area contributed by atoms with Crippen molar-refractivity contribution < 1.29 is 0 Å². The van der Waals surface area contributed by atoms with Crippen LogP contribution < -0.4 is 5.32 Å². The normalized spacial score (nSPS) is 16.5. The molecule has 0 amide bonds. The number of benzene rings is 1. The number of likely N-dealkylation sites (N-methyl/N-ethyl adjacent to an activating group) is 1. The second-order valence-corrected chi connectivity index (χ2v) is 5.39. The summed E-state index contributed by atoms with van der Waals surface area (Å²) in [7, 11) is 0. The Hall–Kier alpha value is -0.0900. The van der Waals surface area contributed by atoms with Gasteiger partial charge in [0, 0.05) is 30.1 Å². The van der Waals surface area contributed by atoms with Crippen molar-refractivity contribution in [3.63, 3.8) is 0 Å². The van der Waals surface area contributed by atoms with E-state index in [0.717, 1.165) is 35.7 Å². The van der Waals surface area contributed by atoms with E-state index in [1.807, 2.05) is 6.07 Å². The van der Waals surface area contributed by atoms with Gasteiger partial charge in [0.15, 0.2) is 0 Å². The Morgan fingerprint density at radius 3 is 2.75 bits per heavy atom. The van der Waals surface area contributed by atoms with Crippen LogP contribution >= 0.6 is 27.5 Å². The van der Waals surface area contributed by atoms with Crippen LogP contribution in [0.4, 0.5) is 0 Å². The molecular formula is C12H16BrClN2. The highest BCUT2D eigenvalue weighted by Gasteiger charge is 2.23. The maximum absolute atomic E-state index is 5.98. The van der Waals surface area contributed by atoms with E-state index in [2.05, 4.69) is 45.2 Å². The molecule has 1 aromatic carbocycles. The number of rotatable bonds is 4. The Kier molecular flexibility index (Phi) is 4.25. The molecule has 0 saturated carbocycles. The lowest BCUT2D eigenvalue weighted by molar-refractivity contribution is 0.145. The van der Waals surface area contributed by atoms with Crippen molar-refractivity contribution in [1.82, 2.24) is 10.2 Å². The number of hydrogen-bond acceptors (Lipinski definition) is 2. The second kappa shape index (κ2) is 5.50. The lowest BCUT2D eigenvalue weighted by Gasteiger charge is -2.37. The molecule has 2 rings (SSSR count). The molecule has 1 N–H and O–H groups in total. The van der Waals surface area contributed by atoms with Gasteiger partial charge in [-0.3, -0.25) is 4.90 Å². The molecule has 1 fully saturated rings. The van der Waals surface area contributed by atoms with Gasteiger partial charge >= 0.3 is 0 Å². The van der Waals surface area contributed by atoms with Gasteiger partial charge in [-0.15, -0.1) is 0 Å². The van der Waals surface area contributed by atoms with Gasteiger partial charge in [-0.05, 0) is 40.2 Å². The standard InChI is InChI=1S/C12H16BrClN2/c1-2-16(10-6-15-7-10)8-9-3-4-12(14)11(13)5-9/h3-5,10,15H,2,6-8H2,1H3. The van der Waals surface area contributed by atoms with Gasteiger partial charge in [0.05, 0.1) is 5.02 Å². The Morgan fingerprint density at radius 1 is 1.50 bits per heavy atom. The zero-order valence-electron chi connectivity index (χ0n) is 9.34. The van der Waals surface area contributed by atoms with Gasteiger partial charge in [0.2, 0.25) is 0 Å². The predicted molar refractivity (Wildman–Crippen MR) is 71.9 cm³/mol. The van der Waals surface area contributed by atoms with Gasteiger partial charge in [0.25, 0.3) is 0 Å². The maximum Gasteiger partial charge on any atom is 0.0548 e. The quantitative estimate of drug-likeness (QED) is 0.920. The Bertz CT molecular complexity index is 366. The molecule has 2 nitrogen and oxygen atoms in total. The van der Waals surface area contributed by atoms with E-state index in [1.165, 1.54) is 5.56 Å². The number of nitrogens with zero attached hydrogens (tertiary/aromatic N) is 1. The largest absolute Gasteiger partial charge is 0.314 e. The molecule has 4 heteroatoms. The third-order valence-electron chi connectivity index (χ3n) is 3.05. The van der Waals surface area contributed by atoms with E-state index in [1.54, 1.807) is 0 Å². The summed E-state index contributed by atoms with van der Waals surface area (Å²) in [5.74, 6) is 0. The molecule has 1 aliphatic heterocycles. The minimum absolute atomic E-state index is 0.694. The van der Waals surface area contributed by atoms with E-state index in [4.69, 9.17) is 11.6 Å². The van der Waals surface area contributed by atoms with Gasteiger partial charge in [-0.25, -0.2) is 0 Å². The van der Waals surface area contributed by atoms with E-state index < -0.39 is 0 Å². The van der Waals surface area contributed by atoms with Gasteiger partial charge in [-0.1, -0.05) is 24.6 Å². The topological polar surface area (TPSA) is 15.3 Å². The Morgan fingerprint density at radius 2 is 2.25 bits per heavy atom. The molecule has 0 radical (unpaired) electrons. The van der Waals surface area contributed by atoms with Crippen molar-refractivity contribution in [3.8, 4) is 0 Å². The molecule has 0 unspecified atom stereocenters. The van der Waals surface area contributed by atoms with Crippen molar-refractivity contribution in [2.45, 2.75) is 19.5 Å². The zero-order valence-corrected chi connectivity index (χ0v) is 11.7. The molecule has 88 valence electrons. The van der Waals surface area contributed by atoms with Gasteiger partial charge in [-0.2, -0.15) is 0 Å². The lowest BCUT2D eigenvalue weighted by atomic mass is 10.1. The summed E-state index contributed by atoms with van der Waals surface area (Å²) in [4.78, 5) is 2.49. The van der Waals surface area contributed by atoms with Crippen molar-refractivity contribution in [3.05, 3.63) is 33.3 Å². The van der Waals surface area contributed by atoms with Crippen LogP contribution in [0.5, 0.6) is 0 Å². The molecular weight excluding hydrogens is 288 g/mol. The maximum atomic E-state index is 5.98. The molecule has 16 heavy (non-hydrogen) atoms. The summed E-state index contributed by atoms with van der Waals surface area (Å²) in [5.41, 5.74) is 1.31. The highest BCUT2D eigenvalue weighted by Crippen LogP contribution is 2.24. The molecule has 1 heterocycles. The number of nitrogens with one attached hydrogen (secondary N) is 1. The van der Waals surface area contributed by atoms with Crippen molar-refractivity contribution in [2.75, 3.05) is 19.6 Å². The van der Waals surface area contributed by atoms with Crippen LogP contribution in [-0.2, 0) is 6.54 Å². The smallest absolute Gasteiger partial charge is 0.0548 e. The van der Waals surface area contributed by atoms with Crippen LogP contribution in [0.3, 0.4) is 0 Å². The van der Waals surface area contributed by atoms with E-state index >= 15 is 0 Å². The Labute approximate surface area is 110 Å². The third kappa shape index (κ3) is 2.77. The monoisotopic (exact) mass is 302 g/mol. The molecule has 0 spiro atoms. The fourth-order valence-corrected chi connectivity index (χ4v) is 2.45. The van der Waals surface area contributed by atoms with Gasteiger partial charge < -0.3 is 5.32 Å². The van der Waals surface area contributed by atoms with E-state index in [-0.39, 0.29) is 0 Å². The second-order valence-electron chi connectivity index (χ2n) is 4.12. The van der Waals surface area contributed by atoms with E-state index in [9.17, 15) is 0 Å². The molecule has 0 bridgehead atoms. The molecule has 0 atom stereocenters. The highest BCUT2D eigenvalue weighted by molar-refractivity contribution is 9.10. The first-order valence-electron chi connectivity index (χ1n) is 5.59. The minimum Gasteiger partial charge on any atom is -0.314 e. The molecule has 0 aromatic heterocycles. The molecule has 0 aliphatic carbocycles. The van der Waals surface area contributed by atoms with Gasteiger partial charge in [0.1, 0.15) is 0 Å². The summed E-state index contributed by atoms with van der Waals surface area (Å²) in [6.45, 7) is 6.53. The summed E-state index contributed by atoms with van der Waals surface area (Å²) in [5, 5.41) is 4.09. The fraction of sp³-hybridized carbons (Fsp3) is 0.500. The SMILES string of the molecule is CCN(Cc1ccc(Cl)c(Br)c1)C1CNC1. The van der Waals surface area contributed by atoms with E-state index in [0.29, 0.717) is 6.04 Å². The average Bonchev–Trinajstić information content (AvgIpc) is 2.20. The number of hydrogen-bond donors (Lipinski definition) is 1. The first kappa shape index (κ1) is 12.4. The molecule has 1 aliphatic rings. The first-order valence-corrected chi connectivity index (χ1v) is 6.76. The average molecular weight is 304 g/mol. The Balaban J connectivity index is 2.03. The van der Waals surface area contributed by atoms with Crippen molar-refractivity contribution in [1.29, 1.82) is 0 Å². The van der Waals surface area contributed by atoms with Crippen LogP contribution in [-0.4, -0.2) is 30.6 Å². The van der Waals surface area contributed by atoms with Crippen LogP contribution in [0.2, 0.25) is 5.02 Å². The van der Waals surface area contributed by atoms with Crippen LogP contribution in [0.1, 0.15) is 12.5 Å². The number of halogens is 2. The van der Waals surface area contributed by atoms with Crippen LogP contribution in [0.25, 0.3) is 0 Å². The third-order valence-corrected chi connectivity index (χ3v) is 4.27.